The Morgan fingerprint density at radius 1 is 1.24 bits per heavy atom. The molecule has 0 fully saturated rings. The first-order valence-corrected chi connectivity index (χ1v) is 8.01. The summed E-state index contributed by atoms with van der Waals surface area (Å²) in [6, 6.07) is 5.95. The second-order valence-corrected chi connectivity index (χ2v) is 5.92. The van der Waals surface area contributed by atoms with Crippen molar-refractivity contribution in [3.8, 4) is 21.9 Å². The summed E-state index contributed by atoms with van der Waals surface area (Å²) < 4.78 is 11.2. The molecule has 0 unspecified atom stereocenters. The number of thiazole rings is 1. The molecule has 2 N–H and O–H groups in total. The van der Waals surface area contributed by atoms with Crippen molar-refractivity contribution in [2.75, 3.05) is 19.5 Å². The van der Waals surface area contributed by atoms with E-state index in [2.05, 4.69) is 11.9 Å². The molecule has 0 amide bonds. The second kappa shape index (κ2) is 7.31. The quantitative estimate of drug-likeness (QED) is 0.776. The van der Waals surface area contributed by atoms with Crippen LogP contribution in [0.1, 0.15) is 31.9 Å². The zero-order chi connectivity index (χ0) is 15.2. The average Bonchev–Trinajstić information content (AvgIpc) is 2.82. The molecule has 0 radical (unpaired) electrons. The predicted molar refractivity (Wildman–Crippen MR) is 88.3 cm³/mol. The maximum atomic E-state index is 5.87. The molecule has 0 aliphatic rings. The Balaban J connectivity index is 2.22. The standard InChI is InChI=1S/C16H22N2O2S/c1-4-5-6-9-20-14-10-12(7-8-13(14)19-3)15-11(2)18-16(17)21-15/h7-8,10H,4-6,9H2,1-3H3,(H2,17,18). The molecular weight excluding hydrogens is 284 g/mol. The minimum atomic E-state index is 0.587. The molecule has 1 heterocycles. The van der Waals surface area contributed by atoms with Crippen LogP contribution in [-0.4, -0.2) is 18.7 Å². The highest BCUT2D eigenvalue weighted by Crippen LogP contribution is 2.37. The van der Waals surface area contributed by atoms with E-state index in [0.29, 0.717) is 11.7 Å². The molecule has 1 aromatic carbocycles. The summed E-state index contributed by atoms with van der Waals surface area (Å²) in [7, 11) is 1.66. The fourth-order valence-electron chi connectivity index (χ4n) is 2.15. The van der Waals surface area contributed by atoms with Gasteiger partial charge in [-0.3, -0.25) is 0 Å². The Hall–Kier alpha value is -1.75. The van der Waals surface area contributed by atoms with E-state index >= 15 is 0 Å². The molecule has 0 saturated heterocycles. The van der Waals surface area contributed by atoms with E-state index in [9.17, 15) is 0 Å². The summed E-state index contributed by atoms with van der Waals surface area (Å²) in [5.41, 5.74) is 7.78. The fourth-order valence-corrected chi connectivity index (χ4v) is 2.98. The number of aromatic nitrogens is 1. The normalized spacial score (nSPS) is 10.6. The van der Waals surface area contributed by atoms with Gasteiger partial charge in [0, 0.05) is 0 Å². The highest BCUT2D eigenvalue weighted by molar-refractivity contribution is 7.18. The Bertz CT molecular complexity index is 596. The number of nitrogens with two attached hydrogens (primary N) is 1. The largest absolute Gasteiger partial charge is 0.493 e. The summed E-state index contributed by atoms with van der Waals surface area (Å²) >= 11 is 1.49. The first-order valence-electron chi connectivity index (χ1n) is 7.19. The van der Waals surface area contributed by atoms with Gasteiger partial charge in [-0.2, -0.15) is 0 Å². The van der Waals surface area contributed by atoms with Crippen LogP contribution in [0.4, 0.5) is 5.13 Å². The third-order valence-corrected chi connectivity index (χ3v) is 4.28. The third kappa shape index (κ3) is 3.88. The maximum absolute atomic E-state index is 5.87. The first kappa shape index (κ1) is 15.6. The number of methoxy groups -OCH3 is 1. The van der Waals surface area contributed by atoms with Gasteiger partial charge in [0.05, 0.1) is 24.3 Å². The minimum Gasteiger partial charge on any atom is -0.493 e. The van der Waals surface area contributed by atoms with Crippen LogP contribution in [-0.2, 0) is 0 Å². The number of nitrogens with zero attached hydrogens (tertiary/aromatic N) is 1. The Labute approximate surface area is 129 Å². The summed E-state index contributed by atoms with van der Waals surface area (Å²) in [5, 5.41) is 0.587. The van der Waals surface area contributed by atoms with Crippen LogP contribution in [0.3, 0.4) is 0 Å². The van der Waals surface area contributed by atoms with Crippen LogP contribution in [0, 0.1) is 6.92 Å². The lowest BCUT2D eigenvalue weighted by Gasteiger charge is -2.12. The Morgan fingerprint density at radius 2 is 2.05 bits per heavy atom. The van der Waals surface area contributed by atoms with E-state index in [0.717, 1.165) is 34.1 Å². The second-order valence-electron chi connectivity index (χ2n) is 4.89. The number of benzene rings is 1. The van der Waals surface area contributed by atoms with E-state index in [1.54, 1.807) is 7.11 Å². The molecule has 0 spiro atoms. The van der Waals surface area contributed by atoms with Gasteiger partial charge in [0.1, 0.15) is 0 Å². The van der Waals surface area contributed by atoms with Crippen molar-refractivity contribution in [2.24, 2.45) is 0 Å². The van der Waals surface area contributed by atoms with Crippen LogP contribution in [0.25, 0.3) is 10.4 Å². The van der Waals surface area contributed by atoms with Crippen molar-refractivity contribution < 1.29 is 9.47 Å². The third-order valence-electron chi connectivity index (χ3n) is 3.24. The molecule has 1 aromatic heterocycles. The number of unbranched alkanes of at least 4 members (excludes halogenated alkanes) is 2. The molecule has 2 aromatic rings. The number of hydrogen-bond acceptors (Lipinski definition) is 5. The first-order chi connectivity index (χ1) is 10.2. The van der Waals surface area contributed by atoms with Gasteiger partial charge in [0.2, 0.25) is 0 Å². The van der Waals surface area contributed by atoms with Gasteiger partial charge < -0.3 is 15.2 Å². The SMILES string of the molecule is CCCCCOc1cc(-c2sc(N)nc2C)ccc1OC. The lowest BCUT2D eigenvalue weighted by molar-refractivity contribution is 0.286. The topological polar surface area (TPSA) is 57.4 Å². The van der Waals surface area contributed by atoms with Gasteiger partial charge in [-0.25, -0.2) is 4.98 Å². The Morgan fingerprint density at radius 3 is 2.67 bits per heavy atom. The fraction of sp³-hybridized carbons (Fsp3) is 0.438. The van der Waals surface area contributed by atoms with E-state index in [4.69, 9.17) is 15.2 Å². The monoisotopic (exact) mass is 306 g/mol. The van der Waals surface area contributed by atoms with Crippen LogP contribution < -0.4 is 15.2 Å². The molecular formula is C16H22N2O2S. The predicted octanol–water partition coefficient (Wildman–Crippen LogP) is 4.28. The minimum absolute atomic E-state index is 0.587. The van der Waals surface area contributed by atoms with Gasteiger partial charge in [-0.15, -0.1) is 0 Å². The number of aryl methyl sites for hydroxylation is 1. The molecule has 0 aliphatic heterocycles. The van der Waals surface area contributed by atoms with Crippen LogP contribution in [0.15, 0.2) is 18.2 Å². The van der Waals surface area contributed by atoms with Gasteiger partial charge in [0.15, 0.2) is 16.6 Å². The van der Waals surface area contributed by atoms with E-state index in [-0.39, 0.29) is 0 Å². The van der Waals surface area contributed by atoms with Crippen molar-refractivity contribution in [2.45, 2.75) is 33.1 Å². The summed E-state index contributed by atoms with van der Waals surface area (Å²) in [6.45, 7) is 4.85. The zero-order valence-electron chi connectivity index (χ0n) is 12.8. The van der Waals surface area contributed by atoms with Crippen molar-refractivity contribution in [1.29, 1.82) is 0 Å². The molecule has 21 heavy (non-hydrogen) atoms. The Kier molecular flexibility index (Phi) is 5.44. The van der Waals surface area contributed by atoms with Gasteiger partial charge >= 0.3 is 0 Å². The van der Waals surface area contributed by atoms with Crippen LogP contribution in [0.5, 0.6) is 11.5 Å². The van der Waals surface area contributed by atoms with Crippen LogP contribution >= 0.6 is 11.3 Å². The molecule has 5 heteroatoms. The number of hydrogen-bond donors (Lipinski definition) is 1. The lowest BCUT2D eigenvalue weighted by Crippen LogP contribution is -1.99. The van der Waals surface area contributed by atoms with Crippen molar-refractivity contribution in [1.82, 2.24) is 4.98 Å². The summed E-state index contributed by atoms with van der Waals surface area (Å²) in [6.07, 6.45) is 3.41. The summed E-state index contributed by atoms with van der Waals surface area (Å²) in [5.74, 6) is 1.53. The molecule has 2 rings (SSSR count). The molecule has 114 valence electrons. The van der Waals surface area contributed by atoms with E-state index in [1.165, 1.54) is 24.2 Å². The molecule has 0 saturated carbocycles. The zero-order valence-corrected chi connectivity index (χ0v) is 13.6. The number of nitrogen functional groups attached to an aromatic ring is 1. The molecule has 4 nitrogen and oxygen atoms in total. The maximum Gasteiger partial charge on any atom is 0.180 e. The van der Waals surface area contributed by atoms with Gasteiger partial charge in [-0.1, -0.05) is 31.1 Å². The average molecular weight is 306 g/mol. The lowest BCUT2D eigenvalue weighted by atomic mass is 10.1. The number of anilines is 1. The van der Waals surface area contributed by atoms with Crippen LogP contribution in [0.2, 0.25) is 0 Å². The smallest absolute Gasteiger partial charge is 0.180 e. The number of ether oxygens (including phenoxy) is 2. The summed E-state index contributed by atoms with van der Waals surface area (Å²) in [4.78, 5) is 5.35. The highest BCUT2D eigenvalue weighted by atomic mass is 32.1. The van der Waals surface area contributed by atoms with E-state index in [1.807, 2.05) is 25.1 Å². The van der Waals surface area contributed by atoms with Crippen molar-refractivity contribution >= 4 is 16.5 Å². The highest BCUT2D eigenvalue weighted by Gasteiger charge is 2.12. The van der Waals surface area contributed by atoms with Gasteiger partial charge in [0.25, 0.3) is 0 Å². The molecule has 0 atom stereocenters. The number of rotatable bonds is 7. The molecule has 0 bridgehead atoms. The van der Waals surface area contributed by atoms with Crippen molar-refractivity contribution in [3.05, 3.63) is 23.9 Å². The van der Waals surface area contributed by atoms with Crippen molar-refractivity contribution in [3.63, 3.8) is 0 Å². The van der Waals surface area contributed by atoms with E-state index < -0.39 is 0 Å². The molecule has 0 aliphatic carbocycles. The van der Waals surface area contributed by atoms with Gasteiger partial charge in [-0.05, 0) is 37.1 Å².